The Morgan fingerprint density at radius 1 is 1.23 bits per heavy atom. The largest absolute Gasteiger partial charge is 0.481 e. The molecule has 0 bridgehead atoms. The summed E-state index contributed by atoms with van der Waals surface area (Å²) in [6, 6.07) is 8.93. The van der Waals surface area contributed by atoms with Gasteiger partial charge in [0.15, 0.2) is 9.84 Å². The van der Waals surface area contributed by atoms with Crippen LogP contribution >= 0.6 is 0 Å². The van der Waals surface area contributed by atoms with E-state index in [1.165, 1.54) is 7.11 Å². The lowest BCUT2D eigenvalue weighted by atomic mass is 10.1. The molecule has 0 N–H and O–H groups in total. The number of sulfone groups is 1. The number of aromatic nitrogens is 1. The number of pyridine rings is 1. The third-order valence-electron chi connectivity index (χ3n) is 3.76. The van der Waals surface area contributed by atoms with Gasteiger partial charge in [-0.05, 0) is 6.07 Å². The Balaban J connectivity index is 2.00. The van der Waals surface area contributed by atoms with Crippen molar-refractivity contribution in [1.82, 2.24) is 9.88 Å². The molecule has 1 fully saturated rings. The average Bonchev–Trinajstić information content (AvgIpc) is 2.53. The molecule has 0 spiro atoms. The maximum absolute atomic E-state index is 12.7. The quantitative estimate of drug-likeness (QED) is 0.828. The minimum Gasteiger partial charge on any atom is -0.481 e. The zero-order valence-corrected chi connectivity index (χ0v) is 13.0. The second-order valence-corrected chi connectivity index (χ2v) is 7.48. The molecule has 0 radical (unpaired) electrons. The Bertz CT molecular complexity index is 819. The Morgan fingerprint density at radius 2 is 1.91 bits per heavy atom. The van der Waals surface area contributed by atoms with Crippen molar-refractivity contribution in [3.63, 3.8) is 0 Å². The van der Waals surface area contributed by atoms with Gasteiger partial charge in [-0.1, -0.05) is 18.2 Å². The number of hydrogen-bond donors (Lipinski definition) is 0. The highest BCUT2D eigenvalue weighted by Gasteiger charge is 2.27. The van der Waals surface area contributed by atoms with E-state index in [4.69, 9.17) is 4.74 Å². The molecule has 116 valence electrons. The maximum atomic E-state index is 12.7. The number of methoxy groups -OCH3 is 1. The van der Waals surface area contributed by atoms with E-state index in [0.29, 0.717) is 17.0 Å². The molecule has 1 aromatic carbocycles. The minimum atomic E-state index is -3.02. The van der Waals surface area contributed by atoms with Crippen LogP contribution in [-0.4, -0.2) is 55.9 Å². The fourth-order valence-electron chi connectivity index (χ4n) is 2.52. The number of rotatable bonds is 2. The lowest BCUT2D eigenvalue weighted by molar-refractivity contribution is 0.0771. The molecule has 1 aliphatic rings. The Labute approximate surface area is 128 Å². The molecule has 1 aliphatic heterocycles. The fourth-order valence-corrected chi connectivity index (χ4v) is 3.72. The molecule has 1 amide bonds. The Kier molecular flexibility index (Phi) is 3.74. The van der Waals surface area contributed by atoms with E-state index in [0.717, 1.165) is 5.39 Å². The minimum absolute atomic E-state index is 0.0128. The van der Waals surface area contributed by atoms with Crippen molar-refractivity contribution in [3.8, 4) is 5.88 Å². The maximum Gasteiger partial charge on any atom is 0.254 e. The van der Waals surface area contributed by atoms with Crippen molar-refractivity contribution in [3.05, 3.63) is 35.9 Å². The zero-order chi connectivity index (χ0) is 15.7. The normalized spacial score (nSPS) is 17.4. The summed E-state index contributed by atoms with van der Waals surface area (Å²) in [6.07, 6.45) is 0. The van der Waals surface area contributed by atoms with Crippen molar-refractivity contribution >= 4 is 26.6 Å². The molecular formula is C15H16N2O4S. The van der Waals surface area contributed by atoms with Crippen molar-refractivity contribution in [2.45, 2.75) is 0 Å². The van der Waals surface area contributed by atoms with E-state index in [1.807, 2.05) is 24.3 Å². The SMILES string of the molecule is COc1cc(C(=O)N2CCS(=O)(=O)CC2)c2ccccc2n1. The number of fused-ring (bicyclic) bond motifs is 1. The molecule has 0 atom stereocenters. The van der Waals surface area contributed by atoms with Crippen LogP contribution in [-0.2, 0) is 9.84 Å². The van der Waals surface area contributed by atoms with Crippen molar-refractivity contribution in [2.24, 2.45) is 0 Å². The van der Waals surface area contributed by atoms with Gasteiger partial charge in [-0.15, -0.1) is 0 Å². The zero-order valence-electron chi connectivity index (χ0n) is 12.2. The Hall–Kier alpha value is -2.15. The molecule has 2 aromatic rings. The number of nitrogens with zero attached hydrogens (tertiary/aromatic N) is 2. The lowest BCUT2D eigenvalue weighted by Crippen LogP contribution is -2.43. The molecule has 0 saturated carbocycles. The van der Waals surface area contributed by atoms with Crippen molar-refractivity contribution < 1.29 is 17.9 Å². The third-order valence-corrected chi connectivity index (χ3v) is 5.37. The Morgan fingerprint density at radius 3 is 2.59 bits per heavy atom. The van der Waals surface area contributed by atoms with Gasteiger partial charge >= 0.3 is 0 Å². The van der Waals surface area contributed by atoms with Gasteiger partial charge in [0.05, 0.1) is 29.7 Å². The molecule has 0 aliphatic carbocycles. The molecule has 3 rings (SSSR count). The van der Waals surface area contributed by atoms with Crippen LogP contribution in [0.4, 0.5) is 0 Å². The van der Waals surface area contributed by atoms with Gasteiger partial charge in [0.2, 0.25) is 5.88 Å². The van der Waals surface area contributed by atoms with Crippen LogP contribution in [0.1, 0.15) is 10.4 Å². The number of hydrogen-bond acceptors (Lipinski definition) is 5. The van der Waals surface area contributed by atoms with E-state index >= 15 is 0 Å². The number of carbonyl (C=O) groups is 1. The molecule has 1 aromatic heterocycles. The molecular weight excluding hydrogens is 304 g/mol. The van der Waals surface area contributed by atoms with Crippen LogP contribution < -0.4 is 4.74 Å². The van der Waals surface area contributed by atoms with Gasteiger partial charge < -0.3 is 9.64 Å². The van der Waals surface area contributed by atoms with E-state index in [2.05, 4.69) is 4.98 Å². The van der Waals surface area contributed by atoms with Gasteiger partial charge in [-0.25, -0.2) is 13.4 Å². The number of carbonyl (C=O) groups excluding carboxylic acids is 1. The second kappa shape index (κ2) is 5.57. The van der Waals surface area contributed by atoms with E-state index in [1.54, 1.807) is 11.0 Å². The smallest absolute Gasteiger partial charge is 0.254 e. The first-order chi connectivity index (χ1) is 10.5. The summed E-state index contributed by atoms with van der Waals surface area (Å²) in [7, 11) is -1.52. The summed E-state index contributed by atoms with van der Waals surface area (Å²) < 4.78 is 28.2. The van der Waals surface area contributed by atoms with Gasteiger partial charge in [0, 0.05) is 24.5 Å². The highest BCUT2D eigenvalue weighted by molar-refractivity contribution is 7.91. The van der Waals surface area contributed by atoms with Crippen molar-refractivity contribution in [2.75, 3.05) is 31.7 Å². The number of para-hydroxylation sites is 1. The molecule has 1 saturated heterocycles. The predicted octanol–water partition coefficient (Wildman–Crippen LogP) is 1.11. The number of benzene rings is 1. The summed E-state index contributed by atoms with van der Waals surface area (Å²) >= 11 is 0. The number of ether oxygens (including phenoxy) is 1. The molecule has 6 nitrogen and oxygen atoms in total. The summed E-state index contributed by atoms with van der Waals surface area (Å²) in [5, 5.41) is 0.738. The van der Waals surface area contributed by atoms with E-state index in [9.17, 15) is 13.2 Å². The van der Waals surface area contributed by atoms with Crippen LogP contribution in [0.25, 0.3) is 10.9 Å². The van der Waals surface area contributed by atoms with Gasteiger partial charge in [0.25, 0.3) is 5.91 Å². The molecule has 22 heavy (non-hydrogen) atoms. The summed E-state index contributed by atoms with van der Waals surface area (Å²) in [5.74, 6) is 0.205. The lowest BCUT2D eigenvalue weighted by Gasteiger charge is -2.27. The van der Waals surface area contributed by atoms with Crippen molar-refractivity contribution in [1.29, 1.82) is 0 Å². The van der Waals surface area contributed by atoms with Crippen LogP contribution in [0.3, 0.4) is 0 Å². The average molecular weight is 320 g/mol. The summed E-state index contributed by atoms with van der Waals surface area (Å²) in [4.78, 5) is 18.6. The van der Waals surface area contributed by atoms with Crippen LogP contribution in [0, 0.1) is 0 Å². The van der Waals surface area contributed by atoms with Crippen LogP contribution in [0.15, 0.2) is 30.3 Å². The van der Waals surface area contributed by atoms with Gasteiger partial charge in [0.1, 0.15) is 0 Å². The molecule has 7 heteroatoms. The second-order valence-electron chi connectivity index (χ2n) is 5.17. The van der Waals surface area contributed by atoms with Crippen LogP contribution in [0.5, 0.6) is 5.88 Å². The van der Waals surface area contributed by atoms with Crippen LogP contribution in [0.2, 0.25) is 0 Å². The highest BCUT2D eigenvalue weighted by Crippen LogP contribution is 2.23. The molecule has 2 heterocycles. The summed E-state index contributed by atoms with van der Waals surface area (Å²) in [6.45, 7) is 0.445. The van der Waals surface area contributed by atoms with Gasteiger partial charge in [-0.3, -0.25) is 4.79 Å². The predicted molar refractivity (Wildman–Crippen MR) is 82.9 cm³/mol. The van der Waals surface area contributed by atoms with Gasteiger partial charge in [-0.2, -0.15) is 0 Å². The first-order valence-electron chi connectivity index (χ1n) is 6.94. The first kappa shape index (κ1) is 14.8. The third kappa shape index (κ3) is 2.76. The fraction of sp³-hybridized carbons (Fsp3) is 0.333. The monoisotopic (exact) mass is 320 g/mol. The molecule has 0 unspecified atom stereocenters. The first-order valence-corrected chi connectivity index (χ1v) is 8.76. The summed E-state index contributed by atoms with van der Waals surface area (Å²) in [5.41, 5.74) is 1.16. The van der Waals surface area contributed by atoms with E-state index < -0.39 is 9.84 Å². The van der Waals surface area contributed by atoms with E-state index in [-0.39, 0.29) is 30.5 Å². The number of amides is 1. The standard InChI is InChI=1S/C15H16N2O4S/c1-21-14-10-12(11-4-2-3-5-13(11)16-14)15(18)17-6-8-22(19,20)9-7-17/h2-5,10H,6-9H2,1H3. The topological polar surface area (TPSA) is 76.6 Å². The highest BCUT2D eigenvalue weighted by atomic mass is 32.2.